The first-order valence-electron chi connectivity index (χ1n) is 8.75. The van der Waals surface area contributed by atoms with E-state index in [2.05, 4.69) is 10.6 Å². The molecule has 10 heteroatoms. The van der Waals surface area contributed by atoms with Crippen LogP contribution < -0.4 is 20.1 Å². The van der Waals surface area contributed by atoms with E-state index in [4.69, 9.17) is 14.2 Å². The number of nitro groups is 1. The molecule has 28 heavy (non-hydrogen) atoms. The molecule has 0 aliphatic carbocycles. The molecular formula is C18H23N3O7. The molecule has 1 atom stereocenters. The Hall–Kier alpha value is -3.30. The lowest BCUT2D eigenvalue weighted by molar-refractivity contribution is -0.385. The third-order valence-corrected chi connectivity index (χ3v) is 4.15. The maximum absolute atomic E-state index is 12.4. The number of hydrogen-bond acceptors (Lipinski definition) is 7. The van der Waals surface area contributed by atoms with E-state index in [0.717, 1.165) is 0 Å². The summed E-state index contributed by atoms with van der Waals surface area (Å²) >= 11 is 0. The zero-order valence-electron chi connectivity index (χ0n) is 16.2. The van der Waals surface area contributed by atoms with Crippen LogP contribution in [0, 0.1) is 10.1 Å². The molecule has 2 amide bonds. The van der Waals surface area contributed by atoms with Crippen LogP contribution in [0.1, 0.15) is 38.3 Å². The third-order valence-electron chi connectivity index (χ3n) is 4.15. The Balaban J connectivity index is 2.71. The number of esters is 1. The summed E-state index contributed by atoms with van der Waals surface area (Å²) in [7, 11) is 2.53. The second-order valence-corrected chi connectivity index (χ2v) is 5.93. The zero-order valence-corrected chi connectivity index (χ0v) is 16.2. The van der Waals surface area contributed by atoms with Crippen LogP contribution in [0.25, 0.3) is 0 Å². The van der Waals surface area contributed by atoms with E-state index >= 15 is 0 Å². The summed E-state index contributed by atoms with van der Waals surface area (Å²) < 4.78 is 15.5. The molecule has 0 bridgehead atoms. The van der Waals surface area contributed by atoms with E-state index in [0.29, 0.717) is 24.1 Å². The molecule has 152 valence electrons. The minimum Gasteiger partial charge on any atom is -0.490 e. The first-order chi connectivity index (χ1) is 13.4. The second kappa shape index (κ2) is 9.07. The molecule has 2 N–H and O–H groups in total. The van der Waals surface area contributed by atoms with E-state index in [9.17, 15) is 19.7 Å². The first-order valence-corrected chi connectivity index (χ1v) is 8.75. The van der Waals surface area contributed by atoms with E-state index in [-0.39, 0.29) is 29.4 Å². The fourth-order valence-electron chi connectivity index (χ4n) is 3.04. The van der Waals surface area contributed by atoms with Crippen molar-refractivity contribution in [1.29, 1.82) is 0 Å². The van der Waals surface area contributed by atoms with Crippen LogP contribution >= 0.6 is 0 Å². The highest BCUT2D eigenvalue weighted by Gasteiger charge is 2.35. The van der Waals surface area contributed by atoms with E-state index in [1.54, 1.807) is 6.92 Å². The van der Waals surface area contributed by atoms with Crippen molar-refractivity contribution in [3.8, 4) is 11.5 Å². The molecule has 0 saturated heterocycles. The largest absolute Gasteiger partial charge is 0.490 e. The highest BCUT2D eigenvalue weighted by atomic mass is 16.6. The maximum Gasteiger partial charge on any atom is 0.337 e. The van der Waals surface area contributed by atoms with Crippen molar-refractivity contribution in [2.24, 2.45) is 0 Å². The van der Waals surface area contributed by atoms with Gasteiger partial charge in [0.1, 0.15) is 0 Å². The van der Waals surface area contributed by atoms with Gasteiger partial charge in [0.25, 0.3) is 0 Å². The van der Waals surface area contributed by atoms with Gasteiger partial charge in [-0.05, 0) is 25.0 Å². The quantitative estimate of drug-likeness (QED) is 0.394. The number of ether oxygens (including phenoxy) is 3. The fourth-order valence-corrected chi connectivity index (χ4v) is 3.04. The lowest BCUT2D eigenvalue weighted by Crippen LogP contribution is -2.45. The molecule has 0 spiro atoms. The Labute approximate surface area is 162 Å². The van der Waals surface area contributed by atoms with Crippen molar-refractivity contribution in [1.82, 2.24) is 10.6 Å². The molecule has 1 heterocycles. The van der Waals surface area contributed by atoms with Crippen LogP contribution in [0.4, 0.5) is 10.5 Å². The van der Waals surface area contributed by atoms with E-state index in [1.165, 1.54) is 26.4 Å². The van der Waals surface area contributed by atoms with Crippen LogP contribution in [0.5, 0.6) is 11.5 Å². The zero-order chi connectivity index (χ0) is 20.8. The van der Waals surface area contributed by atoms with Crippen molar-refractivity contribution in [2.75, 3.05) is 20.8 Å². The minimum atomic E-state index is -0.938. The van der Waals surface area contributed by atoms with Crippen molar-refractivity contribution < 1.29 is 28.7 Å². The van der Waals surface area contributed by atoms with E-state index < -0.39 is 23.0 Å². The molecule has 10 nitrogen and oxygen atoms in total. The highest BCUT2D eigenvalue weighted by Crippen LogP contribution is 2.41. The summed E-state index contributed by atoms with van der Waals surface area (Å²) in [6.07, 6.45) is 1.11. The average molecular weight is 393 g/mol. The Kier molecular flexibility index (Phi) is 6.80. The van der Waals surface area contributed by atoms with Gasteiger partial charge in [-0.3, -0.25) is 10.1 Å². The molecular weight excluding hydrogens is 370 g/mol. The number of carbonyl (C=O) groups excluding carboxylic acids is 2. The van der Waals surface area contributed by atoms with Crippen LogP contribution in [-0.2, 0) is 9.53 Å². The second-order valence-electron chi connectivity index (χ2n) is 5.93. The monoisotopic (exact) mass is 393 g/mol. The first kappa shape index (κ1) is 21.0. The van der Waals surface area contributed by atoms with Crippen LogP contribution in [-0.4, -0.2) is 37.8 Å². The number of methoxy groups -OCH3 is 2. The van der Waals surface area contributed by atoms with Gasteiger partial charge < -0.3 is 24.8 Å². The van der Waals surface area contributed by atoms with Gasteiger partial charge in [-0.1, -0.05) is 13.3 Å². The van der Waals surface area contributed by atoms with Gasteiger partial charge in [0, 0.05) is 11.8 Å². The number of nitro benzene ring substituents is 1. The van der Waals surface area contributed by atoms with Crippen molar-refractivity contribution in [3.63, 3.8) is 0 Å². The molecule has 0 saturated carbocycles. The van der Waals surface area contributed by atoms with Gasteiger partial charge in [-0.2, -0.15) is 0 Å². The van der Waals surface area contributed by atoms with Gasteiger partial charge in [0.2, 0.25) is 5.75 Å². The number of allylic oxidation sites excluding steroid dienone is 1. The molecule has 0 radical (unpaired) electrons. The van der Waals surface area contributed by atoms with Crippen LogP contribution in [0.15, 0.2) is 23.4 Å². The molecule has 1 aromatic carbocycles. The highest BCUT2D eigenvalue weighted by molar-refractivity contribution is 5.95. The Morgan fingerprint density at radius 3 is 2.54 bits per heavy atom. The summed E-state index contributed by atoms with van der Waals surface area (Å²) in [5.41, 5.74) is 0.572. The van der Waals surface area contributed by atoms with Gasteiger partial charge in [-0.15, -0.1) is 0 Å². The average Bonchev–Trinajstić information content (AvgIpc) is 2.66. The van der Waals surface area contributed by atoms with Gasteiger partial charge in [-0.25, -0.2) is 9.59 Å². The summed E-state index contributed by atoms with van der Waals surface area (Å²) in [6, 6.07) is 1.31. The smallest absolute Gasteiger partial charge is 0.337 e. The summed E-state index contributed by atoms with van der Waals surface area (Å²) in [6.45, 7) is 3.87. The van der Waals surface area contributed by atoms with Gasteiger partial charge in [0.05, 0.1) is 37.4 Å². The summed E-state index contributed by atoms with van der Waals surface area (Å²) in [4.78, 5) is 35.5. The number of benzene rings is 1. The normalized spacial score (nSPS) is 16.1. The number of nitrogens with one attached hydrogen (secondary N) is 2. The number of nitrogens with zero attached hydrogens (tertiary/aromatic N) is 1. The molecule has 0 fully saturated rings. The third kappa shape index (κ3) is 4.16. The molecule has 0 aromatic heterocycles. The Morgan fingerprint density at radius 1 is 1.29 bits per heavy atom. The van der Waals surface area contributed by atoms with E-state index in [1.807, 2.05) is 6.92 Å². The van der Waals surface area contributed by atoms with Crippen molar-refractivity contribution >= 4 is 17.7 Å². The molecule has 1 unspecified atom stereocenters. The number of amides is 2. The maximum atomic E-state index is 12.4. The Bertz CT molecular complexity index is 820. The number of rotatable bonds is 8. The predicted octanol–water partition coefficient (Wildman–Crippen LogP) is 2.58. The Morgan fingerprint density at radius 2 is 2.00 bits per heavy atom. The number of hydrogen-bond donors (Lipinski definition) is 2. The topological polar surface area (TPSA) is 129 Å². The molecule has 1 aliphatic heterocycles. The number of urea groups is 1. The van der Waals surface area contributed by atoms with Gasteiger partial charge in [0.15, 0.2) is 5.75 Å². The molecule has 2 rings (SSSR count). The van der Waals surface area contributed by atoms with Crippen LogP contribution in [0.2, 0.25) is 0 Å². The summed E-state index contributed by atoms with van der Waals surface area (Å²) in [5, 5.41) is 16.8. The fraction of sp³-hybridized carbons (Fsp3) is 0.444. The standard InChI is InChI=1S/C18H23N3O7/c1-5-7-11-14(17(22)27-4)15(20-18(23)19-11)10-8-12(21(24)25)16(26-3)13(9-10)28-6-2/h8-9,15H,5-7H2,1-4H3,(H2,19,20,23). The number of carbonyl (C=O) groups is 2. The minimum absolute atomic E-state index is 0.0340. The van der Waals surface area contributed by atoms with Crippen molar-refractivity contribution in [2.45, 2.75) is 32.7 Å². The molecule has 1 aromatic rings. The lowest BCUT2D eigenvalue weighted by Gasteiger charge is -2.29. The van der Waals surface area contributed by atoms with Gasteiger partial charge >= 0.3 is 17.7 Å². The predicted molar refractivity (Wildman–Crippen MR) is 99.2 cm³/mol. The van der Waals surface area contributed by atoms with Crippen molar-refractivity contribution in [3.05, 3.63) is 39.1 Å². The van der Waals surface area contributed by atoms with Crippen LogP contribution in [0.3, 0.4) is 0 Å². The molecule has 1 aliphatic rings. The SMILES string of the molecule is CCCC1=C(C(=O)OC)C(c2cc(OCC)c(OC)c([N+](=O)[O-])c2)NC(=O)N1. The summed E-state index contributed by atoms with van der Waals surface area (Å²) in [5.74, 6) is -0.533. The lowest BCUT2D eigenvalue weighted by atomic mass is 9.93.